The van der Waals surface area contributed by atoms with E-state index in [9.17, 15) is 0 Å². The number of hydrogen-bond donors (Lipinski definition) is 2. The van der Waals surface area contributed by atoms with Crippen LogP contribution in [-0.2, 0) is 5.75 Å². The molecule has 5 heteroatoms. The SMILES string of the molecule is S=C(Nc1ccccc1)Nc1ccc2c(c1)CSCCCS2. The molecule has 0 amide bonds. The number of fused-ring (bicyclic) bond motifs is 1. The number of benzene rings is 2. The number of thioether (sulfide) groups is 2. The van der Waals surface area contributed by atoms with Gasteiger partial charge in [-0.05, 0) is 66.0 Å². The fraction of sp³-hybridized carbons (Fsp3) is 0.235. The zero-order valence-corrected chi connectivity index (χ0v) is 14.6. The van der Waals surface area contributed by atoms with Crippen LogP contribution in [0.3, 0.4) is 0 Å². The normalized spacial score (nSPS) is 14.4. The highest BCUT2D eigenvalue weighted by molar-refractivity contribution is 8.00. The van der Waals surface area contributed by atoms with Gasteiger partial charge < -0.3 is 10.6 Å². The van der Waals surface area contributed by atoms with Gasteiger partial charge in [0.05, 0.1) is 0 Å². The summed E-state index contributed by atoms with van der Waals surface area (Å²) < 4.78 is 0. The van der Waals surface area contributed by atoms with Gasteiger partial charge in [0, 0.05) is 22.0 Å². The zero-order valence-electron chi connectivity index (χ0n) is 12.2. The van der Waals surface area contributed by atoms with Crippen LogP contribution in [0, 0.1) is 0 Å². The number of rotatable bonds is 2. The molecule has 0 bridgehead atoms. The molecule has 114 valence electrons. The number of para-hydroxylation sites is 1. The largest absolute Gasteiger partial charge is 0.332 e. The quantitative estimate of drug-likeness (QED) is 0.726. The minimum Gasteiger partial charge on any atom is -0.332 e. The lowest BCUT2D eigenvalue weighted by Crippen LogP contribution is -2.19. The van der Waals surface area contributed by atoms with E-state index in [1.807, 2.05) is 53.9 Å². The van der Waals surface area contributed by atoms with Gasteiger partial charge in [-0.25, -0.2) is 0 Å². The molecular weight excluding hydrogens is 328 g/mol. The van der Waals surface area contributed by atoms with E-state index < -0.39 is 0 Å². The summed E-state index contributed by atoms with van der Waals surface area (Å²) in [6.07, 6.45) is 1.29. The van der Waals surface area contributed by atoms with Gasteiger partial charge in [0.1, 0.15) is 0 Å². The predicted molar refractivity (Wildman–Crippen MR) is 104 cm³/mol. The van der Waals surface area contributed by atoms with Crippen LogP contribution in [0.4, 0.5) is 11.4 Å². The highest BCUT2D eigenvalue weighted by atomic mass is 32.2. The zero-order chi connectivity index (χ0) is 15.2. The second-order valence-corrected chi connectivity index (χ2v) is 7.67. The minimum atomic E-state index is 0.623. The molecule has 3 rings (SSSR count). The van der Waals surface area contributed by atoms with Gasteiger partial charge in [-0.2, -0.15) is 11.8 Å². The van der Waals surface area contributed by atoms with Crippen LogP contribution in [0.1, 0.15) is 12.0 Å². The van der Waals surface area contributed by atoms with E-state index in [0.717, 1.165) is 17.1 Å². The van der Waals surface area contributed by atoms with Crippen LogP contribution in [-0.4, -0.2) is 16.6 Å². The summed E-state index contributed by atoms with van der Waals surface area (Å²) in [5, 5.41) is 7.10. The third-order valence-corrected chi connectivity index (χ3v) is 5.80. The molecule has 0 aliphatic carbocycles. The Morgan fingerprint density at radius 1 is 0.955 bits per heavy atom. The van der Waals surface area contributed by atoms with Crippen molar-refractivity contribution in [2.75, 3.05) is 22.1 Å². The Bertz CT molecular complexity index is 644. The fourth-order valence-electron chi connectivity index (χ4n) is 2.25. The second-order valence-electron chi connectivity index (χ2n) is 5.02. The lowest BCUT2D eigenvalue weighted by molar-refractivity contribution is 1.10. The Hall–Kier alpha value is -1.17. The molecule has 0 saturated heterocycles. The predicted octanol–water partition coefficient (Wildman–Crippen LogP) is 5.22. The highest BCUT2D eigenvalue weighted by Crippen LogP contribution is 2.32. The van der Waals surface area contributed by atoms with Gasteiger partial charge in [-0.3, -0.25) is 0 Å². The van der Waals surface area contributed by atoms with Crippen molar-refractivity contribution in [1.29, 1.82) is 0 Å². The van der Waals surface area contributed by atoms with Crippen LogP contribution >= 0.6 is 35.7 Å². The first-order valence-corrected chi connectivity index (χ1v) is 9.83. The maximum atomic E-state index is 5.39. The van der Waals surface area contributed by atoms with Crippen LogP contribution in [0.2, 0.25) is 0 Å². The molecule has 0 spiro atoms. The topological polar surface area (TPSA) is 24.1 Å². The maximum Gasteiger partial charge on any atom is 0.175 e. The van der Waals surface area contributed by atoms with E-state index in [1.54, 1.807) is 0 Å². The van der Waals surface area contributed by atoms with Gasteiger partial charge >= 0.3 is 0 Å². The Balaban J connectivity index is 1.67. The molecule has 2 aromatic rings. The van der Waals surface area contributed by atoms with Crippen molar-refractivity contribution in [3.8, 4) is 0 Å². The molecule has 0 aromatic heterocycles. The van der Waals surface area contributed by atoms with Crippen molar-refractivity contribution >= 4 is 52.2 Å². The molecule has 0 radical (unpaired) electrons. The standard InChI is InChI=1S/C17H18N2S3/c20-17(18-14-5-2-1-3-6-14)19-15-7-8-16-13(11-15)12-21-9-4-10-22-16/h1-3,5-8,11H,4,9-10,12H2,(H2,18,19,20). The lowest BCUT2D eigenvalue weighted by Gasteiger charge is -2.16. The Kier molecular flexibility index (Phi) is 5.64. The molecule has 2 aromatic carbocycles. The fourth-order valence-corrected chi connectivity index (χ4v) is 4.70. The molecule has 0 atom stereocenters. The molecule has 1 aliphatic rings. The van der Waals surface area contributed by atoms with E-state index in [4.69, 9.17) is 12.2 Å². The van der Waals surface area contributed by atoms with Crippen molar-refractivity contribution in [3.63, 3.8) is 0 Å². The number of nitrogens with one attached hydrogen (secondary N) is 2. The summed E-state index contributed by atoms with van der Waals surface area (Å²) in [5.41, 5.74) is 3.45. The lowest BCUT2D eigenvalue weighted by atomic mass is 10.2. The molecule has 22 heavy (non-hydrogen) atoms. The number of hydrogen-bond acceptors (Lipinski definition) is 3. The summed E-state index contributed by atoms with van der Waals surface area (Å²) >= 11 is 9.36. The van der Waals surface area contributed by atoms with Gasteiger partial charge in [-0.1, -0.05) is 18.2 Å². The third kappa shape index (κ3) is 4.41. The van der Waals surface area contributed by atoms with Gasteiger partial charge in [-0.15, -0.1) is 11.8 Å². The van der Waals surface area contributed by atoms with E-state index >= 15 is 0 Å². The molecule has 0 fully saturated rings. The van der Waals surface area contributed by atoms with E-state index in [1.165, 1.54) is 28.4 Å². The van der Waals surface area contributed by atoms with E-state index in [2.05, 4.69) is 28.8 Å². The monoisotopic (exact) mass is 346 g/mol. The van der Waals surface area contributed by atoms with Crippen molar-refractivity contribution in [2.45, 2.75) is 17.1 Å². The summed E-state index contributed by atoms with van der Waals surface area (Å²) in [4.78, 5) is 1.40. The number of anilines is 2. The summed E-state index contributed by atoms with van der Waals surface area (Å²) in [6.45, 7) is 0. The third-order valence-electron chi connectivity index (χ3n) is 3.30. The van der Waals surface area contributed by atoms with Crippen molar-refractivity contribution in [2.24, 2.45) is 0 Å². The Labute approximate surface area is 145 Å². The first-order valence-electron chi connectivity index (χ1n) is 7.28. The summed E-state index contributed by atoms with van der Waals surface area (Å²) in [5.74, 6) is 3.54. The highest BCUT2D eigenvalue weighted by Gasteiger charge is 2.09. The first-order chi connectivity index (χ1) is 10.8. The molecular formula is C17H18N2S3. The Morgan fingerprint density at radius 3 is 2.64 bits per heavy atom. The average molecular weight is 347 g/mol. The number of thiocarbonyl (C=S) groups is 1. The first kappa shape index (κ1) is 15.7. The maximum absolute atomic E-state index is 5.39. The average Bonchev–Trinajstić information content (AvgIpc) is 2.49. The van der Waals surface area contributed by atoms with Crippen LogP contribution < -0.4 is 10.6 Å². The van der Waals surface area contributed by atoms with Gasteiger partial charge in [0.25, 0.3) is 0 Å². The molecule has 1 aliphatic heterocycles. The Morgan fingerprint density at radius 2 is 1.77 bits per heavy atom. The molecule has 2 N–H and O–H groups in total. The van der Waals surface area contributed by atoms with Crippen molar-refractivity contribution < 1.29 is 0 Å². The van der Waals surface area contributed by atoms with Crippen molar-refractivity contribution in [1.82, 2.24) is 0 Å². The summed E-state index contributed by atoms with van der Waals surface area (Å²) in [6, 6.07) is 16.5. The van der Waals surface area contributed by atoms with Gasteiger partial charge in [0.2, 0.25) is 0 Å². The van der Waals surface area contributed by atoms with Crippen LogP contribution in [0.5, 0.6) is 0 Å². The molecule has 1 heterocycles. The van der Waals surface area contributed by atoms with Crippen LogP contribution in [0.25, 0.3) is 0 Å². The molecule has 0 unspecified atom stereocenters. The summed E-state index contributed by atoms with van der Waals surface area (Å²) in [7, 11) is 0. The molecule has 0 saturated carbocycles. The second kappa shape index (κ2) is 7.90. The van der Waals surface area contributed by atoms with Crippen LogP contribution in [0.15, 0.2) is 53.4 Å². The van der Waals surface area contributed by atoms with E-state index in [0.29, 0.717) is 5.11 Å². The van der Waals surface area contributed by atoms with Gasteiger partial charge in [0.15, 0.2) is 5.11 Å². The van der Waals surface area contributed by atoms with Crippen molar-refractivity contribution in [3.05, 3.63) is 54.1 Å². The molecule has 2 nitrogen and oxygen atoms in total. The smallest absolute Gasteiger partial charge is 0.175 e. The van der Waals surface area contributed by atoms with E-state index in [-0.39, 0.29) is 0 Å². The minimum absolute atomic E-state index is 0.623.